The molecular weight excluding hydrogens is 206 g/mol. The van der Waals surface area contributed by atoms with Crippen molar-refractivity contribution in [2.75, 3.05) is 0 Å². The predicted octanol–water partition coefficient (Wildman–Crippen LogP) is 1.31. The Kier molecular flexibility index (Phi) is 2.64. The zero-order chi connectivity index (χ0) is 11.5. The van der Waals surface area contributed by atoms with Crippen molar-refractivity contribution in [2.45, 2.75) is 6.54 Å². The van der Waals surface area contributed by atoms with Crippen molar-refractivity contribution >= 4 is 24.0 Å². The van der Waals surface area contributed by atoms with E-state index in [-0.39, 0.29) is 5.57 Å². The van der Waals surface area contributed by atoms with E-state index >= 15 is 0 Å². The van der Waals surface area contributed by atoms with E-state index in [1.165, 1.54) is 6.21 Å². The summed E-state index contributed by atoms with van der Waals surface area (Å²) in [5.41, 5.74) is 1.92. The molecule has 0 atom stereocenters. The molecule has 4 heteroatoms. The summed E-state index contributed by atoms with van der Waals surface area (Å²) in [6.07, 6.45) is 2.87. The van der Waals surface area contributed by atoms with E-state index in [9.17, 15) is 9.59 Å². The number of fused-ring (bicyclic) bond motifs is 1. The van der Waals surface area contributed by atoms with Crippen molar-refractivity contribution in [2.24, 2.45) is 4.99 Å². The van der Waals surface area contributed by atoms with Crippen LogP contribution in [0.25, 0.3) is 6.08 Å². The fraction of sp³-hybridized carbons (Fsp3) is 0.0833. The van der Waals surface area contributed by atoms with Crippen molar-refractivity contribution in [1.82, 2.24) is 0 Å². The molecule has 0 spiro atoms. The van der Waals surface area contributed by atoms with Crippen LogP contribution in [0, 0.1) is 0 Å². The third-order valence-corrected chi connectivity index (χ3v) is 2.31. The third-order valence-electron chi connectivity index (χ3n) is 2.31. The number of carbonyl (C=O) groups is 2. The molecule has 1 N–H and O–H groups in total. The molecule has 1 aromatic rings. The topological polar surface area (TPSA) is 66.7 Å². The Balaban J connectivity index is 2.46. The molecule has 0 fully saturated rings. The molecule has 0 radical (unpaired) electrons. The minimum atomic E-state index is -1.46. The molecule has 0 aromatic heterocycles. The van der Waals surface area contributed by atoms with Gasteiger partial charge in [0.25, 0.3) is 5.78 Å². The first-order valence-electron chi connectivity index (χ1n) is 4.75. The molecule has 0 aliphatic carbocycles. The van der Waals surface area contributed by atoms with Gasteiger partial charge in [-0.25, -0.2) is 4.79 Å². The Bertz CT molecular complexity index is 515. The number of rotatable bonds is 2. The van der Waals surface area contributed by atoms with Crippen LogP contribution in [0.1, 0.15) is 11.1 Å². The molecule has 1 aromatic carbocycles. The first kappa shape index (κ1) is 10.3. The molecule has 1 heterocycles. The summed E-state index contributed by atoms with van der Waals surface area (Å²) >= 11 is 0. The molecule has 0 unspecified atom stereocenters. The zero-order valence-electron chi connectivity index (χ0n) is 8.38. The molecule has 0 saturated carbocycles. The molecule has 80 valence electrons. The Hall–Kier alpha value is -2.23. The molecule has 0 saturated heterocycles. The molecule has 1 aliphatic rings. The number of Topliss-reactive ketones (excluding diaryl/α,β-unsaturated/α-hetero) is 1. The predicted molar refractivity (Wildman–Crippen MR) is 59.3 cm³/mol. The maximum atomic E-state index is 11.3. The number of aliphatic carboxylic acids is 1. The summed E-state index contributed by atoms with van der Waals surface area (Å²) in [6, 6.07) is 7.45. The van der Waals surface area contributed by atoms with Crippen LogP contribution >= 0.6 is 0 Å². The van der Waals surface area contributed by atoms with Crippen LogP contribution in [0.3, 0.4) is 0 Å². The minimum Gasteiger partial charge on any atom is -0.475 e. The fourth-order valence-electron chi connectivity index (χ4n) is 1.51. The lowest BCUT2D eigenvalue weighted by Gasteiger charge is -2.00. The molecule has 0 amide bonds. The second-order valence-corrected chi connectivity index (χ2v) is 3.40. The van der Waals surface area contributed by atoms with Crippen LogP contribution in [-0.2, 0) is 16.1 Å². The van der Waals surface area contributed by atoms with Gasteiger partial charge in [0, 0.05) is 11.8 Å². The van der Waals surface area contributed by atoms with Gasteiger partial charge in [-0.2, -0.15) is 0 Å². The molecule has 2 rings (SSSR count). The van der Waals surface area contributed by atoms with Gasteiger partial charge in [-0.3, -0.25) is 9.79 Å². The Morgan fingerprint density at radius 2 is 2.00 bits per heavy atom. The first-order chi connectivity index (χ1) is 7.68. The fourth-order valence-corrected chi connectivity index (χ4v) is 1.51. The molecule has 16 heavy (non-hydrogen) atoms. The van der Waals surface area contributed by atoms with Gasteiger partial charge < -0.3 is 5.11 Å². The quantitative estimate of drug-likeness (QED) is 0.756. The van der Waals surface area contributed by atoms with Crippen LogP contribution in [0.15, 0.2) is 34.8 Å². The number of carboxylic acid groups (broad SMARTS) is 1. The van der Waals surface area contributed by atoms with Gasteiger partial charge in [0.15, 0.2) is 0 Å². The van der Waals surface area contributed by atoms with Gasteiger partial charge in [-0.1, -0.05) is 24.3 Å². The van der Waals surface area contributed by atoms with E-state index in [0.29, 0.717) is 6.54 Å². The second kappa shape index (κ2) is 4.10. The first-order valence-corrected chi connectivity index (χ1v) is 4.75. The molecule has 1 aliphatic heterocycles. The summed E-state index contributed by atoms with van der Waals surface area (Å²) in [4.78, 5) is 25.9. The highest BCUT2D eigenvalue weighted by atomic mass is 16.4. The summed E-state index contributed by atoms with van der Waals surface area (Å²) in [5.74, 6) is -2.39. The molecular formula is C12H9NO3. The van der Waals surface area contributed by atoms with Crippen molar-refractivity contribution in [3.8, 4) is 0 Å². The second-order valence-electron chi connectivity index (χ2n) is 3.40. The van der Waals surface area contributed by atoms with Crippen LogP contribution in [-0.4, -0.2) is 23.1 Å². The van der Waals surface area contributed by atoms with E-state index in [1.807, 2.05) is 24.3 Å². The number of carboxylic acids is 1. The van der Waals surface area contributed by atoms with E-state index < -0.39 is 11.8 Å². The molecule has 0 bridgehead atoms. The average molecular weight is 215 g/mol. The number of hydrogen-bond acceptors (Lipinski definition) is 3. The normalized spacial score (nSPS) is 13.6. The summed E-state index contributed by atoms with van der Waals surface area (Å²) in [7, 11) is 0. The van der Waals surface area contributed by atoms with Crippen LogP contribution in [0.5, 0.6) is 0 Å². The lowest BCUT2D eigenvalue weighted by molar-refractivity contribution is -0.146. The number of hydrogen-bond donors (Lipinski definition) is 1. The summed E-state index contributed by atoms with van der Waals surface area (Å²) < 4.78 is 0. The van der Waals surface area contributed by atoms with Gasteiger partial charge >= 0.3 is 5.97 Å². The molecule has 4 nitrogen and oxygen atoms in total. The van der Waals surface area contributed by atoms with Crippen molar-refractivity contribution in [1.29, 1.82) is 0 Å². The number of ketones is 1. The van der Waals surface area contributed by atoms with Crippen LogP contribution in [0.4, 0.5) is 0 Å². The Morgan fingerprint density at radius 3 is 2.75 bits per heavy atom. The van der Waals surface area contributed by atoms with Crippen LogP contribution in [0.2, 0.25) is 0 Å². The monoisotopic (exact) mass is 215 g/mol. The van der Waals surface area contributed by atoms with Gasteiger partial charge in [-0.05, 0) is 17.2 Å². The van der Waals surface area contributed by atoms with Gasteiger partial charge in [0.1, 0.15) is 0 Å². The SMILES string of the molecule is O=C(O)C(=O)C1=Cc2ccccc2CN=C1. The van der Waals surface area contributed by atoms with Crippen molar-refractivity contribution in [3.05, 3.63) is 41.0 Å². The number of nitrogens with zero attached hydrogens (tertiary/aromatic N) is 1. The third kappa shape index (κ3) is 1.91. The Morgan fingerprint density at radius 1 is 1.25 bits per heavy atom. The lowest BCUT2D eigenvalue weighted by Crippen LogP contribution is -2.15. The highest BCUT2D eigenvalue weighted by Crippen LogP contribution is 2.17. The lowest BCUT2D eigenvalue weighted by atomic mass is 10.0. The van der Waals surface area contributed by atoms with Crippen molar-refractivity contribution < 1.29 is 14.7 Å². The highest BCUT2D eigenvalue weighted by Gasteiger charge is 2.17. The maximum absolute atomic E-state index is 11.3. The number of benzene rings is 1. The smallest absolute Gasteiger partial charge is 0.377 e. The van der Waals surface area contributed by atoms with Gasteiger partial charge in [0.2, 0.25) is 0 Å². The number of carbonyl (C=O) groups excluding carboxylic acids is 1. The minimum absolute atomic E-state index is 0.109. The van der Waals surface area contributed by atoms with Crippen molar-refractivity contribution in [3.63, 3.8) is 0 Å². The zero-order valence-corrected chi connectivity index (χ0v) is 8.38. The Labute approximate surface area is 91.9 Å². The highest BCUT2D eigenvalue weighted by molar-refractivity contribution is 6.46. The van der Waals surface area contributed by atoms with E-state index in [0.717, 1.165) is 11.1 Å². The van der Waals surface area contributed by atoms with Gasteiger partial charge in [-0.15, -0.1) is 0 Å². The summed E-state index contributed by atoms with van der Waals surface area (Å²) in [6.45, 7) is 0.461. The van der Waals surface area contributed by atoms with E-state index in [1.54, 1.807) is 6.08 Å². The standard InChI is InChI=1S/C12H9NO3/c14-11(12(15)16)10-5-8-3-1-2-4-9(8)6-13-7-10/h1-5,7H,6H2,(H,15,16). The van der Waals surface area contributed by atoms with E-state index in [4.69, 9.17) is 5.11 Å². The van der Waals surface area contributed by atoms with E-state index in [2.05, 4.69) is 4.99 Å². The average Bonchev–Trinajstić information content (AvgIpc) is 2.49. The summed E-state index contributed by atoms with van der Waals surface area (Å²) in [5, 5.41) is 8.62. The largest absolute Gasteiger partial charge is 0.475 e. The number of aliphatic imine (C=N–C) groups is 1. The maximum Gasteiger partial charge on any atom is 0.377 e. The van der Waals surface area contributed by atoms with Crippen LogP contribution < -0.4 is 0 Å². The van der Waals surface area contributed by atoms with Gasteiger partial charge in [0.05, 0.1) is 6.54 Å².